The Morgan fingerprint density at radius 3 is 1.84 bits per heavy atom. The van der Waals surface area contributed by atoms with Crippen LogP contribution in [0.15, 0.2) is 30.3 Å². The van der Waals surface area contributed by atoms with E-state index in [-0.39, 0.29) is 53.6 Å². The summed E-state index contributed by atoms with van der Waals surface area (Å²) >= 11 is 0. The van der Waals surface area contributed by atoms with Gasteiger partial charge >= 0.3 is 0 Å². The zero-order valence-corrected chi connectivity index (χ0v) is 21.0. The molecule has 3 heterocycles. The third-order valence-electron chi connectivity index (χ3n) is 6.54. The van der Waals surface area contributed by atoms with Gasteiger partial charge in [0.05, 0.1) is 0 Å². The molecule has 9 heteroatoms. The molecule has 1 aromatic carbocycles. The van der Waals surface area contributed by atoms with Gasteiger partial charge in [-0.25, -0.2) is 0 Å². The third kappa shape index (κ3) is 10.1. The van der Waals surface area contributed by atoms with Crippen LogP contribution >= 0.6 is 37.2 Å². The first-order valence-corrected chi connectivity index (χ1v) is 10.6. The number of rotatable bonds is 6. The number of likely N-dealkylation sites (tertiary alicyclic amines) is 2. The molecule has 2 unspecified atom stereocenters. The van der Waals surface area contributed by atoms with Crippen molar-refractivity contribution in [3.8, 4) is 0 Å². The van der Waals surface area contributed by atoms with Gasteiger partial charge in [0.1, 0.15) is 0 Å². The molecular formula is C22H44Cl3N3O3. The lowest BCUT2D eigenvalue weighted by atomic mass is 9.90. The van der Waals surface area contributed by atoms with E-state index in [1.54, 1.807) is 0 Å². The molecule has 2 bridgehead atoms. The highest BCUT2D eigenvalue weighted by Crippen LogP contribution is 2.29. The molecule has 6 nitrogen and oxygen atoms in total. The molecule has 3 aliphatic heterocycles. The molecule has 186 valence electrons. The first-order valence-electron chi connectivity index (χ1n) is 10.6. The van der Waals surface area contributed by atoms with Gasteiger partial charge in [0.25, 0.3) is 0 Å². The van der Waals surface area contributed by atoms with Crippen molar-refractivity contribution in [2.75, 3.05) is 39.3 Å². The fraction of sp³-hybridized carbons (Fsp3) is 0.727. The Labute approximate surface area is 206 Å². The number of nitrogens with zero attached hydrogens (tertiary/aromatic N) is 3. The van der Waals surface area contributed by atoms with Gasteiger partial charge in [0.2, 0.25) is 0 Å². The Balaban J connectivity index is -0.00000131. The molecule has 0 aliphatic carbocycles. The summed E-state index contributed by atoms with van der Waals surface area (Å²) in [5, 5.41) is 0. The van der Waals surface area contributed by atoms with Gasteiger partial charge < -0.3 is 21.3 Å². The predicted molar refractivity (Wildman–Crippen MR) is 137 cm³/mol. The lowest BCUT2D eigenvalue weighted by Gasteiger charge is -2.50. The maximum Gasteiger partial charge on any atom is 0.0235 e. The monoisotopic (exact) mass is 503 g/mol. The Bertz CT molecular complexity index is 525. The summed E-state index contributed by atoms with van der Waals surface area (Å²) in [4.78, 5) is 8.30. The molecule has 1 aromatic rings. The molecule has 4 rings (SSSR count). The molecule has 6 N–H and O–H groups in total. The van der Waals surface area contributed by atoms with Crippen molar-refractivity contribution in [3.05, 3.63) is 35.9 Å². The normalized spacial score (nSPS) is 23.4. The Hall–Kier alpha value is -0.150. The maximum absolute atomic E-state index is 2.88. The standard InChI is InChI=1S/C22H35N3.3ClH.3H2O/c1-3-9-20(10-4-1)17-24-18-21-11-7-12-22(19-24)25(21)16-8-15-23-13-5-2-6-14-23;;;;;;/h1,3-4,9-10,21-22H,2,5-8,11-19H2;3*1H;3*1H2. The number of benzene rings is 1. The summed E-state index contributed by atoms with van der Waals surface area (Å²) in [7, 11) is 0. The van der Waals surface area contributed by atoms with Crippen molar-refractivity contribution in [2.45, 2.75) is 63.6 Å². The van der Waals surface area contributed by atoms with Crippen LogP contribution in [0.5, 0.6) is 0 Å². The summed E-state index contributed by atoms with van der Waals surface area (Å²) in [5.41, 5.74) is 1.47. The number of piperazine rings is 1. The van der Waals surface area contributed by atoms with Gasteiger partial charge in [-0.05, 0) is 57.3 Å². The van der Waals surface area contributed by atoms with Crippen molar-refractivity contribution in [2.24, 2.45) is 0 Å². The Kier molecular flexibility index (Phi) is 20.9. The lowest BCUT2D eigenvalue weighted by Crippen LogP contribution is -2.60. The van der Waals surface area contributed by atoms with E-state index in [2.05, 4.69) is 45.0 Å². The zero-order chi connectivity index (χ0) is 16.9. The van der Waals surface area contributed by atoms with E-state index in [0.29, 0.717) is 0 Å². The van der Waals surface area contributed by atoms with Gasteiger partial charge in [0, 0.05) is 38.3 Å². The van der Waals surface area contributed by atoms with Crippen molar-refractivity contribution < 1.29 is 16.4 Å². The fourth-order valence-corrected chi connectivity index (χ4v) is 5.28. The molecule has 3 fully saturated rings. The summed E-state index contributed by atoms with van der Waals surface area (Å²) in [6, 6.07) is 12.6. The smallest absolute Gasteiger partial charge is 0.0235 e. The van der Waals surface area contributed by atoms with Crippen molar-refractivity contribution >= 4 is 37.2 Å². The summed E-state index contributed by atoms with van der Waals surface area (Å²) in [5.74, 6) is 0. The van der Waals surface area contributed by atoms with Crippen LogP contribution in [-0.4, -0.2) is 82.5 Å². The number of hydrogen-bond acceptors (Lipinski definition) is 3. The molecule has 2 atom stereocenters. The van der Waals surface area contributed by atoms with Gasteiger partial charge in [-0.3, -0.25) is 9.80 Å². The van der Waals surface area contributed by atoms with E-state index < -0.39 is 0 Å². The second kappa shape index (κ2) is 18.3. The maximum atomic E-state index is 2.88. The first kappa shape index (κ1) is 35.4. The topological polar surface area (TPSA) is 104 Å². The fourth-order valence-electron chi connectivity index (χ4n) is 5.28. The van der Waals surface area contributed by atoms with Crippen LogP contribution < -0.4 is 0 Å². The van der Waals surface area contributed by atoms with Crippen molar-refractivity contribution in [1.29, 1.82) is 0 Å². The van der Waals surface area contributed by atoms with Crippen molar-refractivity contribution in [3.63, 3.8) is 0 Å². The highest BCUT2D eigenvalue weighted by atomic mass is 35.5. The quantitative estimate of drug-likeness (QED) is 0.594. The van der Waals surface area contributed by atoms with Gasteiger partial charge in [0.15, 0.2) is 0 Å². The highest BCUT2D eigenvalue weighted by molar-refractivity contribution is 5.86. The average Bonchev–Trinajstić information content (AvgIpc) is 2.64. The highest BCUT2D eigenvalue weighted by Gasteiger charge is 2.36. The summed E-state index contributed by atoms with van der Waals surface area (Å²) < 4.78 is 0. The van der Waals surface area contributed by atoms with E-state index in [0.717, 1.165) is 18.6 Å². The number of halogens is 3. The zero-order valence-electron chi connectivity index (χ0n) is 18.5. The SMILES string of the molecule is Cl.Cl.Cl.O.O.O.c1ccc(CN2CC3CCCC(C2)N3CCCN2CCCCC2)cc1. The second-order valence-electron chi connectivity index (χ2n) is 8.41. The minimum absolute atomic E-state index is 0. The van der Waals surface area contributed by atoms with E-state index in [1.807, 2.05) is 0 Å². The van der Waals surface area contributed by atoms with Crippen LogP contribution in [0.4, 0.5) is 0 Å². The van der Waals surface area contributed by atoms with E-state index >= 15 is 0 Å². The minimum Gasteiger partial charge on any atom is -0.412 e. The van der Waals surface area contributed by atoms with Crippen LogP contribution in [0.25, 0.3) is 0 Å². The number of hydrogen-bond donors (Lipinski definition) is 0. The van der Waals surface area contributed by atoms with E-state index in [1.165, 1.54) is 89.8 Å². The van der Waals surface area contributed by atoms with Crippen molar-refractivity contribution in [1.82, 2.24) is 14.7 Å². The van der Waals surface area contributed by atoms with E-state index in [9.17, 15) is 0 Å². The molecule has 3 saturated heterocycles. The molecule has 31 heavy (non-hydrogen) atoms. The lowest BCUT2D eigenvalue weighted by molar-refractivity contribution is -0.0142. The summed E-state index contributed by atoms with van der Waals surface area (Å²) in [6.45, 7) is 9.02. The number of piperidine rings is 2. The largest absolute Gasteiger partial charge is 0.412 e. The van der Waals surface area contributed by atoms with E-state index in [4.69, 9.17) is 0 Å². The Morgan fingerprint density at radius 2 is 1.26 bits per heavy atom. The average molecular weight is 505 g/mol. The van der Waals surface area contributed by atoms with Gasteiger partial charge in [-0.1, -0.05) is 43.2 Å². The molecule has 0 amide bonds. The molecule has 0 spiro atoms. The molecule has 0 radical (unpaired) electrons. The molecule has 0 saturated carbocycles. The summed E-state index contributed by atoms with van der Waals surface area (Å²) in [6.07, 6.45) is 9.91. The second-order valence-corrected chi connectivity index (χ2v) is 8.41. The van der Waals surface area contributed by atoms with Crippen LogP contribution in [0.1, 0.15) is 50.5 Å². The third-order valence-corrected chi connectivity index (χ3v) is 6.54. The van der Waals surface area contributed by atoms with Crippen LogP contribution in [0.2, 0.25) is 0 Å². The Morgan fingerprint density at radius 1 is 0.677 bits per heavy atom. The first-order chi connectivity index (χ1) is 12.4. The van der Waals surface area contributed by atoms with Crippen LogP contribution in [0.3, 0.4) is 0 Å². The van der Waals surface area contributed by atoms with Gasteiger partial charge in [-0.2, -0.15) is 0 Å². The van der Waals surface area contributed by atoms with Gasteiger partial charge in [-0.15, -0.1) is 37.2 Å². The predicted octanol–water partition coefficient (Wildman–Crippen LogP) is 2.39. The van der Waals surface area contributed by atoms with Crippen LogP contribution in [-0.2, 0) is 6.54 Å². The molecule has 0 aromatic heterocycles. The van der Waals surface area contributed by atoms with Crippen LogP contribution in [0, 0.1) is 0 Å². The number of fused-ring (bicyclic) bond motifs is 2. The minimum atomic E-state index is 0. The molecular weight excluding hydrogens is 461 g/mol. The molecule has 3 aliphatic rings.